The van der Waals surface area contributed by atoms with Crippen LogP contribution >= 0.6 is 12.4 Å². The summed E-state index contributed by atoms with van der Waals surface area (Å²) in [6.45, 7) is 1.92. The maximum absolute atomic E-state index is 8.95. The van der Waals surface area contributed by atoms with Crippen molar-refractivity contribution in [1.29, 1.82) is 0 Å². The highest BCUT2D eigenvalue weighted by Crippen LogP contribution is 2.03. The summed E-state index contributed by atoms with van der Waals surface area (Å²) in [7, 11) is 0. The molecule has 0 unspecified atom stereocenters. The summed E-state index contributed by atoms with van der Waals surface area (Å²) >= 11 is 0. The topological polar surface area (TPSA) is 87.8 Å². The monoisotopic (exact) mass is 178 g/mol. The lowest BCUT2D eigenvalue weighted by Crippen LogP contribution is -1.99. The number of aromatic amines is 1. The quantitative estimate of drug-likeness (QED) is 0.582. The Morgan fingerprint density at radius 2 is 2.36 bits per heavy atom. The molecule has 0 saturated heterocycles. The van der Waals surface area contributed by atoms with Crippen LogP contribution in [0.25, 0.3) is 0 Å². The summed E-state index contributed by atoms with van der Waals surface area (Å²) in [6.07, 6.45) is -0.628. The molecule has 5 nitrogen and oxygen atoms in total. The first-order valence-electron chi connectivity index (χ1n) is 3.03. The largest absolute Gasteiger partial charge is 0.385 e. The predicted molar refractivity (Wildman–Crippen MR) is 42.2 cm³/mol. The Balaban J connectivity index is 0.000001000. The van der Waals surface area contributed by atoms with Crippen molar-refractivity contribution in [3.05, 3.63) is 11.6 Å². The molecule has 0 spiro atoms. The molecule has 1 aromatic rings. The van der Waals surface area contributed by atoms with Gasteiger partial charge in [0.1, 0.15) is 11.9 Å². The van der Waals surface area contributed by atoms with Crippen molar-refractivity contribution in [2.45, 2.75) is 19.6 Å². The molecule has 0 amide bonds. The molecule has 0 saturated carbocycles. The molecule has 0 aliphatic carbocycles. The molecule has 64 valence electrons. The van der Waals surface area contributed by atoms with E-state index in [2.05, 4.69) is 15.2 Å². The first kappa shape index (κ1) is 10.3. The second kappa shape index (κ2) is 4.27. The third-order valence-corrected chi connectivity index (χ3v) is 1.12. The SMILES string of the molecule is C[C@H](O)c1n[nH]c(CN)n1.Cl. The van der Waals surface area contributed by atoms with Crippen molar-refractivity contribution in [3.8, 4) is 0 Å². The predicted octanol–water partition coefficient (Wildman–Crippen LogP) is -0.262. The second-order valence-electron chi connectivity index (χ2n) is 2.02. The maximum Gasteiger partial charge on any atom is 0.178 e. The molecule has 1 heterocycles. The minimum Gasteiger partial charge on any atom is -0.385 e. The van der Waals surface area contributed by atoms with Gasteiger partial charge in [-0.2, -0.15) is 5.10 Å². The van der Waals surface area contributed by atoms with Gasteiger partial charge in [0.2, 0.25) is 0 Å². The highest BCUT2D eigenvalue weighted by atomic mass is 35.5. The normalized spacial score (nSPS) is 12.3. The van der Waals surface area contributed by atoms with Crippen LogP contribution in [0.4, 0.5) is 0 Å². The summed E-state index contributed by atoms with van der Waals surface area (Å²) in [5.41, 5.74) is 5.25. The summed E-state index contributed by atoms with van der Waals surface area (Å²) in [5, 5.41) is 15.3. The number of halogens is 1. The molecule has 0 bridgehead atoms. The van der Waals surface area contributed by atoms with Crippen molar-refractivity contribution in [2.24, 2.45) is 5.73 Å². The zero-order valence-corrected chi connectivity index (χ0v) is 6.93. The minimum atomic E-state index is -0.628. The van der Waals surface area contributed by atoms with Gasteiger partial charge in [-0.1, -0.05) is 0 Å². The van der Waals surface area contributed by atoms with Crippen LogP contribution in [0.15, 0.2) is 0 Å². The minimum absolute atomic E-state index is 0. The van der Waals surface area contributed by atoms with E-state index >= 15 is 0 Å². The molecule has 4 N–H and O–H groups in total. The summed E-state index contributed by atoms with van der Waals surface area (Å²) in [4.78, 5) is 3.89. The van der Waals surface area contributed by atoms with Crippen molar-refractivity contribution < 1.29 is 5.11 Å². The van der Waals surface area contributed by atoms with Gasteiger partial charge in [0, 0.05) is 0 Å². The van der Waals surface area contributed by atoms with Gasteiger partial charge in [-0.15, -0.1) is 12.4 Å². The highest BCUT2D eigenvalue weighted by molar-refractivity contribution is 5.85. The number of aliphatic hydroxyl groups excluding tert-OH is 1. The van der Waals surface area contributed by atoms with E-state index in [1.807, 2.05) is 0 Å². The summed E-state index contributed by atoms with van der Waals surface area (Å²) < 4.78 is 0. The molecule has 0 aliphatic rings. The van der Waals surface area contributed by atoms with Crippen molar-refractivity contribution in [3.63, 3.8) is 0 Å². The van der Waals surface area contributed by atoms with Gasteiger partial charge in [-0.25, -0.2) is 4.98 Å². The van der Waals surface area contributed by atoms with Gasteiger partial charge in [0.05, 0.1) is 6.54 Å². The van der Waals surface area contributed by atoms with E-state index in [0.29, 0.717) is 18.2 Å². The van der Waals surface area contributed by atoms with E-state index in [4.69, 9.17) is 10.8 Å². The zero-order valence-electron chi connectivity index (χ0n) is 6.11. The van der Waals surface area contributed by atoms with Crippen LogP contribution < -0.4 is 5.73 Å². The molecular weight excluding hydrogens is 168 g/mol. The first-order chi connectivity index (χ1) is 4.74. The Morgan fingerprint density at radius 3 is 2.64 bits per heavy atom. The number of nitrogens with one attached hydrogen (secondary N) is 1. The number of hydrogen-bond donors (Lipinski definition) is 3. The molecule has 0 radical (unpaired) electrons. The molecular formula is C5H11ClN4O. The fraction of sp³-hybridized carbons (Fsp3) is 0.600. The van der Waals surface area contributed by atoms with Crippen molar-refractivity contribution in [2.75, 3.05) is 0 Å². The molecule has 0 aromatic carbocycles. The standard InChI is InChI=1S/C5H10N4O.ClH/c1-3(10)5-7-4(2-6)8-9-5;/h3,10H,2,6H2,1H3,(H,7,8,9);1H/t3-;/m0./s1. The molecule has 0 fully saturated rings. The van der Waals surface area contributed by atoms with E-state index in [0.717, 1.165) is 0 Å². The van der Waals surface area contributed by atoms with Crippen molar-refractivity contribution >= 4 is 12.4 Å². The Bertz CT molecular complexity index is 212. The van der Waals surface area contributed by atoms with Crippen LogP contribution in [0.3, 0.4) is 0 Å². The Kier molecular flexibility index (Phi) is 4.02. The number of hydrogen-bond acceptors (Lipinski definition) is 4. The summed E-state index contributed by atoms with van der Waals surface area (Å²) in [6, 6.07) is 0. The Morgan fingerprint density at radius 1 is 1.73 bits per heavy atom. The average Bonchev–Trinajstić information content (AvgIpc) is 2.34. The number of H-pyrrole nitrogens is 1. The smallest absolute Gasteiger partial charge is 0.178 e. The van der Waals surface area contributed by atoms with Crippen LogP contribution in [0.2, 0.25) is 0 Å². The maximum atomic E-state index is 8.95. The fourth-order valence-corrected chi connectivity index (χ4v) is 0.588. The Labute approximate surface area is 70.4 Å². The fourth-order valence-electron chi connectivity index (χ4n) is 0.588. The lowest BCUT2D eigenvalue weighted by atomic mass is 10.4. The molecule has 6 heteroatoms. The molecule has 1 rings (SSSR count). The number of rotatable bonds is 2. The van der Waals surface area contributed by atoms with Crippen molar-refractivity contribution in [1.82, 2.24) is 15.2 Å². The van der Waals surface area contributed by atoms with Crippen LogP contribution in [0.1, 0.15) is 24.7 Å². The molecule has 11 heavy (non-hydrogen) atoms. The highest BCUT2D eigenvalue weighted by Gasteiger charge is 2.05. The first-order valence-corrected chi connectivity index (χ1v) is 3.03. The Hall–Kier alpha value is -0.650. The van der Waals surface area contributed by atoms with E-state index in [1.165, 1.54) is 0 Å². The third-order valence-electron chi connectivity index (χ3n) is 1.12. The summed E-state index contributed by atoms with van der Waals surface area (Å²) in [5.74, 6) is 0.983. The second-order valence-corrected chi connectivity index (χ2v) is 2.02. The van der Waals surface area contributed by atoms with Gasteiger partial charge in [0.25, 0.3) is 0 Å². The van der Waals surface area contributed by atoms with Gasteiger partial charge >= 0.3 is 0 Å². The van der Waals surface area contributed by atoms with Crippen LogP contribution in [0, 0.1) is 0 Å². The van der Waals surface area contributed by atoms with Gasteiger partial charge in [0.15, 0.2) is 5.82 Å². The van der Waals surface area contributed by atoms with Crippen LogP contribution in [0.5, 0.6) is 0 Å². The van der Waals surface area contributed by atoms with Crippen LogP contribution in [-0.4, -0.2) is 20.3 Å². The molecule has 1 aromatic heterocycles. The lowest BCUT2D eigenvalue weighted by Gasteiger charge is -1.92. The third kappa shape index (κ3) is 2.45. The van der Waals surface area contributed by atoms with Crippen LogP contribution in [-0.2, 0) is 6.54 Å². The van der Waals surface area contributed by atoms with E-state index in [9.17, 15) is 0 Å². The number of aromatic nitrogens is 3. The lowest BCUT2D eigenvalue weighted by molar-refractivity contribution is 0.189. The van der Waals surface area contributed by atoms with Gasteiger partial charge in [-0.05, 0) is 6.92 Å². The zero-order chi connectivity index (χ0) is 7.56. The molecule has 0 aliphatic heterocycles. The number of nitrogens with two attached hydrogens (primary N) is 1. The van der Waals surface area contributed by atoms with Gasteiger partial charge in [-0.3, -0.25) is 5.10 Å². The average molecular weight is 179 g/mol. The number of nitrogens with zero attached hydrogens (tertiary/aromatic N) is 2. The van der Waals surface area contributed by atoms with E-state index in [-0.39, 0.29) is 12.4 Å². The van der Waals surface area contributed by atoms with E-state index < -0.39 is 6.10 Å². The van der Waals surface area contributed by atoms with E-state index in [1.54, 1.807) is 6.92 Å². The van der Waals surface area contributed by atoms with Gasteiger partial charge < -0.3 is 10.8 Å². The molecule has 1 atom stereocenters. The number of aliphatic hydroxyl groups is 1.